The van der Waals surface area contributed by atoms with Gasteiger partial charge >= 0.3 is 0 Å². The van der Waals surface area contributed by atoms with E-state index in [9.17, 15) is 4.79 Å². The topological polar surface area (TPSA) is 66.0 Å². The highest BCUT2D eigenvalue weighted by Crippen LogP contribution is 2.52. The van der Waals surface area contributed by atoms with E-state index in [1.165, 1.54) is 5.56 Å². The Balaban J connectivity index is 1.73. The second-order valence-corrected chi connectivity index (χ2v) is 8.42. The first kappa shape index (κ1) is 19.7. The third-order valence-corrected chi connectivity index (χ3v) is 5.92. The van der Waals surface area contributed by atoms with Crippen LogP contribution in [0.15, 0.2) is 35.3 Å². The molecule has 1 saturated heterocycles. The lowest BCUT2D eigenvalue weighted by atomic mass is 9.57. The molecule has 27 heavy (non-hydrogen) atoms. The molecule has 1 amide bonds. The molecule has 2 fully saturated rings. The third kappa shape index (κ3) is 4.10. The zero-order chi connectivity index (χ0) is 19.6. The van der Waals surface area contributed by atoms with E-state index in [1.54, 1.807) is 19.0 Å². The first-order chi connectivity index (χ1) is 12.8. The zero-order valence-electron chi connectivity index (χ0n) is 17.0. The molecule has 6 heteroatoms. The Hall–Kier alpha value is -2.08. The van der Waals surface area contributed by atoms with Crippen molar-refractivity contribution in [2.45, 2.75) is 45.4 Å². The molecule has 1 aliphatic carbocycles. The van der Waals surface area contributed by atoms with Gasteiger partial charge in [0.25, 0.3) is 0 Å². The summed E-state index contributed by atoms with van der Waals surface area (Å²) in [4.78, 5) is 18.2. The lowest BCUT2D eigenvalue weighted by molar-refractivity contribution is -0.127. The highest BCUT2D eigenvalue weighted by molar-refractivity contribution is 5.85. The fourth-order valence-electron chi connectivity index (χ4n) is 4.22. The van der Waals surface area contributed by atoms with E-state index in [-0.39, 0.29) is 30.0 Å². The van der Waals surface area contributed by atoms with Crippen molar-refractivity contribution in [3.05, 3.63) is 35.9 Å². The van der Waals surface area contributed by atoms with E-state index in [1.807, 2.05) is 18.2 Å². The summed E-state index contributed by atoms with van der Waals surface area (Å²) in [6.45, 7) is 7.53. The SMILES string of the molecule is CC(NC(=NCC(=O)N(C)C)NC1C2CCOC2C1(C)C)c1ccccc1. The number of fused-ring (bicyclic) bond motifs is 1. The lowest BCUT2D eigenvalue weighted by Crippen LogP contribution is -2.68. The predicted octanol–water partition coefficient (Wildman–Crippen LogP) is 2.18. The maximum absolute atomic E-state index is 12.0. The van der Waals surface area contributed by atoms with Crippen molar-refractivity contribution in [3.63, 3.8) is 0 Å². The van der Waals surface area contributed by atoms with E-state index in [4.69, 9.17) is 4.74 Å². The molecule has 1 aliphatic heterocycles. The first-order valence-corrected chi connectivity index (χ1v) is 9.75. The summed E-state index contributed by atoms with van der Waals surface area (Å²) in [5.74, 6) is 1.17. The number of nitrogens with zero attached hydrogens (tertiary/aromatic N) is 2. The van der Waals surface area contributed by atoms with Gasteiger partial charge in [-0.25, -0.2) is 4.99 Å². The molecule has 1 aromatic rings. The van der Waals surface area contributed by atoms with Crippen molar-refractivity contribution in [2.24, 2.45) is 16.3 Å². The number of rotatable bonds is 5. The first-order valence-electron chi connectivity index (χ1n) is 9.75. The van der Waals surface area contributed by atoms with Gasteiger partial charge in [-0.15, -0.1) is 0 Å². The molecule has 0 bridgehead atoms. The Bertz CT molecular complexity index is 687. The van der Waals surface area contributed by atoms with Gasteiger partial charge in [0.05, 0.1) is 12.1 Å². The Kier molecular flexibility index (Phi) is 5.75. The van der Waals surface area contributed by atoms with Crippen molar-refractivity contribution in [1.29, 1.82) is 0 Å². The number of carbonyl (C=O) groups excluding carboxylic acids is 1. The molecule has 3 rings (SSSR count). The number of hydrogen-bond acceptors (Lipinski definition) is 3. The molecular formula is C21H32N4O2. The average molecular weight is 373 g/mol. The number of guanidine groups is 1. The minimum absolute atomic E-state index is 0.0154. The highest BCUT2D eigenvalue weighted by atomic mass is 16.5. The molecule has 2 aliphatic rings. The molecule has 0 radical (unpaired) electrons. The monoisotopic (exact) mass is 372 g/mol. The standard InChI is InChI=1S/C21H32N4O2/c1-14(15-9-7-6-8-10-15)23-20(22-13-17(26)25(4)5)24-18-16-11-12-27-19(16)21(18,2)3/h6-10,14,16,18-19H,11-13H2,1-5H3,(H2,22,23,24). The van der Waals surface area contributed by atoms with Gasteiger partial charge in [0.1, 0.15) is 6.54 Å². The normalized spacial score (nSPS) is 27.3. The van der Waals surface area contributed by atoms with Crippen LogP contribution in [0.2, 0.25) is 0 Å². The number of nitrogens with one attached hydrogen (secondary N) is 2. The summed E-state index contributed by atoms with van der Waals surface area (Å²) in [6, 6.07) is 10.6. The minimum Gasteiger partial charge on any atom is -0.377 e. The molecular weight excluding hydrogens is 340 g/mol. The van der Waals surface area contributed by atoms with Gasteiger partial charge in [-0.1, -0.05) is 44.2 Å². The molecule has 1 heterocycles. The third-order valence-electron chi connectivity index (χ3n) is 5.92. The van der Waals surface area contributed by atoms with Crippen molar-refractivity contribution < 1.29 is 9.53 Å². The van der Waals surface area contributed by atoms with E-state index in [0.29, 0.717) is 18.0 Å². The Morgan fingerprint density at radius 2 is 2.04 bits per heavy atom. The Morgan fingerprint density at radius 1 is 1.33 bits per heavy atom. The average Bonchev–Trinajstić information content (AvgIpc) is 3.11. The summed E-state index contributed by atoms with van der Waals surface area (Å²) < 4.78 is 5.90. The van der Waals surface area contributed by atoms with Crippen molar-refractivity contribution in [2.75, 3.05) is 27.2 Å². The van der Waals surface area contributed by atoms with Crippen LogP contribution in [0.25, 0.3) is 0 Å². The Morgan fingerprint density at radius 3 is 2.70 bits per heavy atom. The maximum atomic E-state index is 12.0. The number of benzene rings is 1. The molecule has 6 nitrogen and oxygen atoms in total. The van der Waals surface area contributed by atoms with E-state index in [2.05, 4.69) is 48.5 Å². The van der Waals surface area contributed by atoms with Crippen LogP contribution in [0, 0.1) is 11.3 Å². The van der Waals surface area contributed by atoms with Crippen LogP contribution < -0.4 is 10.6 Å². The van der Waals surface area contributed by atoms with E-state index < -0.39 is 0 Å². The summed E-state index contributed by atoms with van der Waals surface area (Å²) >= 11 is 0. The van der Waals surface area contributed by atoms with Crippen LogP contribution in [0.5, 0.6) is 0 Å². The second-order valence-electron chi connectivity index (χ2n) is 8.42. The van der Waals surface area contributed by atoms with Gasteiger partial charge < -0.3 is 20.3 Å². The number of amides is 1. The van der Waals surface area contributed by atoms with Crippen LogP contribution in [-0.4, -0.2) is 56.2 Å². The van der Waals surface area contributed by atoms with Gasteiger partial charge in [0, 0.05) is 38.1 Å². The fraction of sp³-hybridized carbons (Fsp3) is 0.619. The smallest absolute Gasteiger partial charge is 0.243 e. The summed E-state index contributed by atoms with van der Waals surface area (Å²) in [5.41, 5.74) is 1.23. The molecule has 1 saturated carbocycles. The maximum Gasteiger partial charge on any atom is 0.243 e. The number of likely N-dealkylation sites (N-methyl/N-ethyl adjacent to an activating group) is 1. The van der Waals surface area contributed by atoms with Gasteiger partial charge in [0.2, 0.25) is 5.91 Å². The number of ether oxygens (including phenoxy) is 1. The second kappa shape index (κ2) is 7.89. The quantitative estimate of drug-likeness (QED) is 0.614. The van der Waals surface area contributed by atoms with Crippen LogP contribution >= 0.6 is 0 Å². The van der Waals surface area contributed by atoms with Gasteiger partial charge in [-0.2, -0.15) is 0 Å². The Labute approximate surface area is 162 Å². The van der Waals surface area contributed by atoms with Gasteiger partial charge in [0.15, 0.2) is 5.96 Å². The molecule has 4 atom stereocenters. The summed E-state index contributed by atoms with van der Waals surface area (Å²) in [6.07, 6.45) is 1.38. The molecule has 4 unspecified atom stereocenters. The summed E-state index contributed by atoms with van der Waals surface area (Å²) in [5, 5.41) is 7.07. The van der Waals surface area contributed by atoms with Crippen LogP contribution in [0.1, 0.15) is 38.8 Å². The van der Waals surface area contributed by atoms with Gasteiger partial charge in [-0.05, 0) is 18.9 Å². The predicted molar refractivity (Wildman–Crippen MR) is 108 cm³/mol. The zero-order valence-corrected chi connectivity index (χ0v) is 17.0. The molecule has 0 aromatic heterocycles. The lowest BCUT2D eigenvalue weighted by Gasteiger charge is -2.55. The van der Waals surface area contributed by atoms with E-state index >= 15 is 0 Å². The fourth-order valence-corrected chi connectivity index (χ4v) is 4.22. The van der Waals surface area contributed by atoms with Crippen molar-refractivity contribution in [3.8, 4) is 0 Å². The minimum atomic E-state index is -0.0154. The van der Waals surface area contributed by atoms with Crippen molar-refractivity contribution in [1.82, 2.24) is 15.5 Å². The molecule has 0 spiro atoms. The number of aliphatic imine (C=N–C) groups is 1. The number of hydrogen-bond donors (Lipinski definition) is 2. The van der Waals surface area contributed by atoms with E-state index in [0.717, 1.165) is 13.0 Å². The molecule has 2 N–H and O–H groups in total. The summed E-state index contributed by atoms with van der Waals surface area (Å²) in [7, 11) is 3.50. The van der Waals surface area contributed by atoms with Crippen molar-refractivity contribution >= 4 is 11.9 Å². The highest BCUT2D eigenvalue weighted by Gasteiger charge is 2.59. The van der Waals surface area contributed by atoms with Crippen LogP contribution in [-0.2, 0) is 9.53 Å². The number of carbonyl (C=O) groups is 1. The molecule has 1 aromatic carbocycles. The van der Waals surface area contributed by atoms with Crippen LogP contribution in [0.3, 0.4) is 0 Å². The largest absolute Gasteiger partial charge is 0.377 e. The van der Waals surface area contributed by atoms with Gasteiger partial charge in [-0.3, -0.25) is 4.79 Å². The molecule has 148 valence electrons. The van der Waals surface area contributed by atoms with Crippen LogP contribution in [0.4, 0.5) is 0 Å².